The highest BCUT2D eigenvalue weighted by atomic mass is 15.0. The van der Waals surface area contributed by atoms with E-state index in [-0.39, 0.29) is 0 Å². The minimum atomic E-state index is 1.09. The van der Waals surface area contributed by atoms with Gasteiger partial charge in [-0.2, -0.15) is 0 Å². The first-order chi connectivity index (χ1) is 15.8. The number of hydrogen-bond acceptors (Lipinski definition) is 2. The Hall–Kier alpha value is -4.18. The van der Waals surface area contributed by atoms with Crippen LogP contribution in [0.1, 0.15) is 11.1 Å². The number of rotatable bonds is 0. The van der Waals surface area contributed by atoms with Crippen LogP contribution in [-0.4, -0.2) is 18.8 Å². The van der Waals surface area contributed by atoms with Crippen LogP contribution >= 0.6 is 0 Å². The van der Waals surface area contributed by atoms with Gasteiger partial charge in [0.25, 0.3) is 0 Å². The van der Waals surface area contributed by atoms with E-state index in [0.29, 0.717) is 0 Å². The lowest BCUT2D eigenvalue weighted by atomic mass is 10.1. The van der Waals surface area contributed by atoms with Crippen LogP contribution in [0.15, 0.2) is 85.5 Å². The van der Waals surface area contributed by atoms with Crippen molar-refractivity contribution in [1.82, 2.24) is 18.8 Å². The molecule has 0 aliphatic rings. The van der Waals surface area contributed by atoms with Gasteiger partial charge in [-0.3, -0.25) is 9.97 Å². The molecular formula is C28H20N4. The summed E-state index contributed by atoms with van der Waals surface area (Å²) in [5, 5.41) is 4.83. The molecule has 0 saturated heterocycles. The van der Waals surface area contributed by atoms with Gasteiger partial charge in [0.2, 0.25) is 0 Å². The lowest BCUT2D eigenvalue weighted by molar-refractivity contribution is 1.24. The van der Waals surface area contributed by atoms with E-state index >= 15 is 0 Å². The van der Waals surface area contributed by atoms with Crippen molar-refractivity contribution in [2.24, 2.45) is 0 Å². The van der Waals surface area contributed by atoms with Gasteiger partial charge in [-0.15, -0.1) is 0 Å². The molecule has 0 spiro atoms. The monoisotopic (exact) mass is 412 g/mol. The first-order valence-corrected chi connectivity index (χ1v) is 10.9. The van der Waals surface area contributed by atoms with Gasteiger partial charge in [-0.05, 0) is 49.2 Å². The third-order valence-electron chi connectivity index (χ3n) is 6.85. The Labute approximate surface area is 184 Å². The molecule has 4 nitrogen and oxygen atoms in total. The van der Waals surface area contributed by atoms with Gasteiger partial charge < -0.3 is 8.80 Å². The minimum absolute atomic E-state index is 1.09. The molecule has 5 aromatic heterocycles. The quantitative estimate of drug-likeness (QED) is 0.275. The minimum Gasteiger partial charge on any atom is -0.305 e. The second kappa shape index (κ2) is 6.17. The summed E-state index contributed by atoms with van der Waals surface area (Å²) in [6.07, 6.45) is 7.73. The largest absolute Gasteiger partial charge is 0.305 e. The number of fused-ring (bicyclic) bond motifs is 12. The van der Waals surface area contributed by atoms with E-state index < -0.39 is 0 Å². The van der Waals surface area contributed by atoms with Crippen LogP contribution in [0.5, 0.6) is 0 Å². The van der Waals surface area contributed by atoms with Gasteiger partial charge in [0.05, 0.1) is 45.5 Å². The van der Waals surface area contributed by atoms with Gasteiger partial charge in [-0.1, -0.05) is 36.4 Å². The van der Waals surface area contributed by atoms with Crippen molar-refractivity contribution in [1.29, 1.82) is 0 Å². The van der Waals surface area contributed by atoms with E-state index in [1.165, 1.54) is 44.0 Å². The van der Waals surface area contributed by atoms with Crippen molar-refractivity contribution in [3.8, 4) is 0 Å². The lowest BCUT2D eigenvalue weighted by Gasteiger charge is -2.10. The number of pyridine rings is 2. The molecule has 152 valence electrons. The molecule has 0 amide bonds. The Morgan fingerprint density at radius 2 is 0.938 bits per heavy atom. The van der Waals surface area contributed by atoms with E-state index in [1.54, 1.807) is 0 Å². The molecule has 5 heterocycles. The molecule has 7 rings (SSSR count). The van der Waals surface area contributed by atoms with E-state index in [4.69, 9.17) is 0 Å². The van der Waals surface area contributed by atoms with Crippen molar-refractivity contribution in [2.45, 2.75) is 13.8 Å². The Morgan fingerprint density at radius 1 is 0.500 bits per heavy atom. The Morgan fingerprint density at radius 3 is 1.41 bits per heavy atom. The average molecular weight is 412 g/mol. The Bertz CT molecular complexity index is 1760. The first-order valence-electron chi connectivity index (χ1n) is 10.9. The number of nitrogens with zero attached hydrogens (tertiary/aromatic N) is 4. The van der Waals surface area contributed by atoms with E-state index in [0.717, 1.165) is 21.8 Å². The fraction of sp³-hybridized carbons (Fsp3) is 0.0714. The van der Waals surface area contributed by atoms with Crippen molar-refractivity contribution >= 4 is 54.6 Å². The van der Waals surface area contributed by atoms with Crippen molar-refractivity contribution in [3.63, 3.8) is 0 Å². The highest BCUT2D eigenvalue weighted by Gasteiger charge is 2.18. The van der Waals surface area contributed by atoms with E-state index in [2.05, 4.69) is 93.3 Å². The lowest BCUT2D eigenvalue weighted by Crippen LogP contribution is -1.95. The molecule has 0 N–H and O–H groups in total. The second-order valence-corrected chi connectivity index (χ2v) is 8.44. The van der Waals surface area contributed by atoms with Crippen LogP contribution in [0.3, 0.4) is 0 Å². The number of para-hydroxylation sites is 2. The predicted molar refractivity (Wildman–Crippen MR) is 132 cm³/mol. The van der Waals surface area contributed by atoms with Gasteiger partial charge in [0.1, 0.15) is 0 Å². The summed E-state index contributed by atoms with van der Waals surface area (Å²) in [6, 6.07) is 21.6. The molecule has 32 heavy (non-hydrogen) atoms. The third-order valence-corrected chi connectivity index (χ3v) is 6.85. The van der Waals surface area contributed by atoms with Crippen LogP contribution in [-0.2, 0) is 0 Å². The highest BCUT2D eigenvalue weighted by Crippen LogP contribution is 2.37. The SMILES string of the molecule is Cc1c2ccccc2n2c3cnccc3c3ccncc3n3c4ccccc4c(C)c3c12. The van der Waals surface area contributed by atoms with E-state index in [9.17, 15) is 0 Å². The maximum atomic E-state index is 4.54. The van der Waals surface area contributed by atoms with Crippen molar-refractivity contribution in [3.05, 3.63) is 96.6 Å². The van der Waals surface area contributed by atoms with Crippen LogP contribution in [0.25, 0.3) is 54.6 Å². The van der Waals surface area contributed by atoms with Gasteiger partial charge in [0.15, 0.2) is 0 Å². The number of aromatic nitrogens is 4. The molecule has 0 bridgehead atoms. The maximum Gasteiger partial charge on any atom is 0.0742 e. The summed E-state index contributed by atoms with van der Waals surface area (Å²) < 4.78 is 4.79. The normalized spacial score (nSPS) is 12.1. The molecule has 7 aromatic rings. The molecule has 0 saturated carbocycles. The predicted octanol–water partition coefficient (Wildman–Crippen LogP) is 6.77. The summed E-state index contributed by atoms with van der Waals surface area (Å²) in [6.45, 7) is 4.47. The standard InChI is InChI=1S/C28H20N4/c1-17-19-7-3-5-9-23(19)31-25-15-29-13-11-21(25)22-12-14-30-16-26(22)32-24-10-6-4-8-20(24)18(2)28(32)27(17)31/h3-16H,1-2H3. The molecule has 2 aromatic carbocycles. The number of benzene rings is 2. The second-order valence-electron chi connectivity index (χ2n) is 8.44. The van der Waals surface area contributed by atoms with Crippen LogP contribution in [0.2, 0.25) is 0 Å². The fourth-order valence-corrected chi connectivity index (χ4v) is 5.45. The highest BCUT2D eigenvalue weighted by molar-refractivity contribution is 6.12. The molecule has 4 heteroatoms. The summed E-state index contributed by atoms with van der Waals surface area (Å²) in [5.74, 6) is 0. The molecule has 0 radical (unpaired) electrons. The zero-order chi connectivity index (χ0) is 21.4. The molecule has 0 atom stereocenters. The number of aryl methyl sites for hydroxylation is 2. The van der Waals surface area contributed by atoms with Gasteiger partial charge in [0, 0.05) is 33.9 Å². The molecular weight excluding hydrogens is 392 g/mol. The third kappa shape index (κ3) is 2.06. The smallest absolute Gasteiger partial charge is 0.0742 e. The number of hydrogen-bond donors (Lipinski definition) is 0. The van der Waals surface area contributed by atoms with Gasteiger partial charge in [-0.25, -0.2) is 0 Å². The summed E-state index contributed by atoms with van der Waals surface area (Å²) in [7, 11) is 0. The first kappa shape index (κ1) is 17.5. The zero-order valence-electron chi connectivity index (χ0n) is 17.9. The van der Waals surface area contributed by atoms with E-state index in [1.807, 2.05) is 24.8 Å². The van der Waals surface area contributed by atoms with Gasteiger partial charge >= 0.3 is 0 Å². The van der Waals surface area contributed by atoms with Crippen molar-refractivity contribution < 1.29 is 0 Å². The van der Waals surface area contributed by atoms with Crippen LogP contribution in [0.4, 0.5) is 0 Å². The van der Waals surface area contributed by atoms with Crippen LogP contribution < -0.4 is 0 Å². The van der Waals surface area contributed by atoms with Crippen molar-refractivity contribution in [2.75, 3.05) is 0 Å². The fourth-order valence-electron chi connectivity index (χ4n) is 5.45. The van der Waals surface area contributed by atoms with Crippen LogP contribution in [0, 0.1) is 13.8 Å². The molecule has 0 aliphatic carbocycles. The Balaban J connectivity index is 2.04. The zero-order valence-corrected chi connectivity index (χ0v) is 17.9. The maximum absolute atomic E-state index is 4.54. The Kier molecular flexibility index (Phi) is 3.37. The summed E-state index contributed by atoms with van der Waals surface area (Å²) in [5.41, 5.74) is 9.55. The summed E-state index contributed by atoms with van der Waals surface area (Å²) in [4.78, 5) is 9.07. The summed E-state index contributed by atoms with van der Waals surface area (Å²) >= 11 is 0. The molecule has 0 unspecified atom stereocenters. The molecule has 0 fully saturated rings. The molecule has 0 aliphatic heterocycles. The average Bonchev–Trinajstić information content (AvgIpc) is 3.29. The topological polar surface area (TPSA) is 34.6 Å².